The summed E-state index contributed by atoms with van der Waals surface area (Å²) in [6.07, 6.45) is 2.77. The molecule has 168 valence electrons. The summed E-state index contributed by atoms with van der Waals surface area (Å²) in [6.45, 7) is 14.8. The number of nitrogens with two attached hydrogens (primary N) is 1. The summed E-state index contributed by atoms with van der Waals surface area (Å²) in [4.78, 5) is 39.9. The van der Waals surface area contributed by atoms with E-state index in [2.05, 4.69) is 39.9 Å². The predicted molar refractivity (Wildman–Crippen MR) is 116 cm³/mol. The second kappa shape index (κ2) is 12.2. The molecule has 7 nitrogen and oxygen atoms in total. The van der Waals surface area contributed by atoms with Crippen molar-refractivity contribution in [3.63, 3.8) is 0 Å². The lowest BCUT2D eigenvalue weighted by Gasteiger charge is -2.40. The summed E-state index contributed by atoms with van der Waals surface area (Å²) in [6, 6.07) is -0.102. The average Bonchev–Trinajstić information content (AvgIpc) is 2.57. The van der Waals surface area contributed by atoms with E-state index in [-0.39, 0.29) is 42.3 Å². The Morgan fingerprint density at radius 2 is 1.79 bits per heavy atom. The Kier molecular flexibility index (Phi) is 10.6. The van der Waals surface area contributed by atoms with Crippen molar-refractivity contribution in [3.8, 4) is 0 Å². The van der Waals surface area contributed by atoms with Gasteiger partial charge in [0.25, 0.3) is 0 Å². The van der Waals surface area contributed by atoms with Gasteiger partial charge in [-0.05, 0) is 43.9 Å². The van der Waals surface area contributed by atoms with E-state index in [0.717, 1.165) is 31.7 Å². The van der Waals surface area contributed by atoms with E-state index in [1.807, 2.05) is 11.8 Å². The Balaban J connectivity index is 0.000000960. The second-order valence-corrected chi connectivity index (χ2v) is 9.63. The molecule has 0 aromatic rings. The van der Waals surface area contributed by atoms with Crippen LogP contribution in [0.2, 0.25) is 0 Å². The average molecular weight is 411 g/mol. The van der Waals surface area contributed by atoms with Gasteiger partial charge in [-0.3, -0.25) is 14.4 Å². The van der Waals surface area contributed by atoms with Crippen LogP contribution in [0.1, 0.15) is 67.2 Å². The lowest BCUT2D eigenvalue weighted by molar-refractivity contribution is -0.145. The summed E-state index contributed by atoms with van der Waals surface area (Å²) < 4.78 is 0. The molecule has 3 N–H and O–H groups in total. The number of hydrogen-bond donors (Lipinski definition) is 2. The highest BCUT2D eigenvalue weighted by atomic mass is 16.2. The number of amides is 3. The Morgan fingerprint density at radius 3 is 2.31 bits per heavy atom. The lowest BCUT2D eigenvalue weighted by atomic mass is 9.88. The summed E-state index contributed by atoms with van der Waals surface area (Å²) in [5.41, 5.74) is 5.28. The van der Waals surface area contributed by atoms with Crippen LogP contribution in [-0.4, -0.2) is 65.8 Å². The maximum Gasteiger partial charge on any atom is 0.242 e. The largest absolute Gasteiger partial charge is 0.370 e. The molecule has 2 aliphatic rings. The molecule has 0 aromatic heterocycles. The van der Waals surface area contributed by atoms with E-state index in [9.17, 15) is 14.4 Å². The van der Waals surface area contributed by atoms with Crippen molar-refractivity contribution >= 4 is 17.7 Å². The molecule has 2 rings (SSSR count). The molecule has 0 aliphatic carbocycles. The molecule has 29 heavy (non-hydrogen) atoms. The standard InChI is InChI=1S/C18H32N4O3.C4H10/c1-12(2)8-15-18(25)21(7-5-20-15)11-17(24)22-6-4-14(9-13(22)3)10-16(19)23;1-4(2)3/h12-15,20H,4-11H2,1-3H3,(H2,19,23);4H,1-3H3. The number of likely N-dealkylation sites (tertiary alicyclic amines) is 1. The summed E-state index contributed by atoms with van der Waals surface area (Å²) in [7, 11) is 0. The van der Waals surface area contributed by atoms with Gasteiger partial charge in [0.1, 0.15) is 0 Å². The van der Waals surface area contributed by atoms with E-state index < -0.39 is 0 Å². The Bertz CT molecular complexity index is 547. The third kappa shape index (κ3) is 9.15. The Hall–Kier alpha value is -1.63. The van der Waals surface area contributed by atoms with Crippen LogP contribution >= 0.6 is 0 Å². The first kappa shape index (κ1) is 25.4. The molecule has 2 aliphatic heterocycles. The monoisotopic (exact) mass is 410 g/mol. The molecule has 0 aromatic carbocycles. The minimum absolute atomic E-state index is 0.00331. The van der Waals surface area contributed by atoms with Crippen molar-refractivity contribution < 1.29 is 14.4 Å². The molecule has 3 atom stereocenters. The van der Waals surface area contributed by atoms with Gasteiger partial charge in [0.2, 0.25) is 17.7 Å². The van der Waals surface area contributed by atoms with Gasteiger partial charge in [-0.15, -0.1) is 0 Å². The topological polar surface area (TPSA) is 95.7 Å². The number of nitrogens with zero attached hydrogens (tertiary/aromatic N) is 2. The van der Waals surface area contributed by atoms with Gasteiger partial charge in [-0.25, -0.2) is 0 Å². The highest BCUT2D eigenvalue weighted by molar-refractivity contribution is 5.88. The van der Waals surface area contributed by atoms with E-state index in [1.165, 1.54) is 0 Å². The Labute approximate surface area is 176 Å². The first-order valence-electron chi connectivity index (χ1n) is 11.1. The molecule has 2 fully saturated rings. The number of hydrogen-bond acceptors (Lipinski definition) is 4. The van der Waals surface area contributed by atoms with Gasteiger partial charge in [-0.2, -0.15) is 0 Å². The molecule has 2 saturated heterocycles. The number of nitrogens with one attached hydrogen (secondary N) is 1. The fraction of sp³-hybridized carbons (Fsp3) is 0.864. The zero-order valence-electron chi connectivity index (χ0n) is 19.2. The van der Waals surface area contributed by atoms with Crippen LogP contribution in [-0.2, 0) is 14.4 Å². The maximum absolute atomic E-state index is 12.7. The van der Waals surface area contributed by atoms with Gasteiger partial charge in [0.05, 0.1) is 12.6 Å². The minimum atomic E-state index is -0.278. The zero-order valence-corrected chi connectivity index (χ0v) is 19.2. The minimum Gasteiger partial charge on any atom is -0.370 e. The number of rotatable bonds is 6. The molecule has 2 heterocycles. The number of carbonyl (C=O) groups is 3. The van der Waals surface area contributed by atoms with Gasteiger partial charge in [0.15, 0.2) is 0 Å². The highest BCUT2D eigenvalue weighted by Gasteiger charge is 2.34. The van der Waals surface area contributed by atoms with Crippen LogP contribution in [0, 0.1) is 17.8 Å². The number of piperidine rings is 1. The summed E-state index contributed by atoms with van der Waals surface area (Å²) >= 11 is 0. The summed E-state index contributed by atoms with van der Waals surface area (Å²) in [5.74, 6) is 1.28. The molecular weight excluding hydrogens is 368 g/mol. The molecule has 0 bridgehead atoms. The van der Waals surface area contributed by atoms with Crippen molar-refractivity contribution in [3.05, 3.63) is 0 Å². The smallest absolute Gasteiger partial charge is 0.242 e. The van der Waals surface area contributed by atoms with Gasteiger partial charge >= 0.3 is 0 Å². The van der Waals surface area contributed by atoms with Crippen molar-refractivity contribution in [2.45, 2.75) is 79.3 Å². The highest BCUT2D eigenvalue weighted by Crippen LogP contribution is 2.25. The van der Waals surface area contributed by atoms with Crippen LogP contribution in [0.4, 0.5) is 0 Å². The van der Waals surface area contributed by atoms with E-state index in [4.69, 9.17) is 5.73 Å². The normalized spacial score (nSPS) is 25.1. The molecule has 3 amide bonds. The molecule has 0 saturated carbocycles. The van der Waals surface area contributed by atoms with Gasteiger partial charge in [0, 0.05) is 32.1 Å². The first-order chi connectivity index (χ1) is 13.5. The molecule has 7 heteroatoms. The van der Waals surface area contributed by atoms with Crippen LogP contribution in [0.5, 0.6) is 0 Å². The SMILES string of the molecule is CC(C)C.CC(C)CC1NCCN(CC(=O)N2CCC(CC(N)=O)CC2C)C1=O. The van der Waals surface area contributed by atoms with Gasteiger partial charge in [-0.1, -0.05) is 34.6 Å². The number of carbonyl (C=O) groups excluding carboxylic acids is 3. The third-order valence-corrected chi connectivity index (χ3v) is 5.21. The van der Waals surface area contributed by atoms with Crippen LogP contribution in [0.25, 0.3) is 0 Å². The fourth-order valence-corrected chi connectivity index (χ4v) is 3.97. The maximum atomic E-state index is 12.7. The van der Waals surface area contributed by atoms with E-state index in [0.29, 0.717) is 25.4 Å². The predicted octanol–water partition coefficient (Wildman–Crippen LogP) is 2.00. The van der Waals surface area contributed by atoms with Crippen molar-refractivity contribution in [2.75, 3.05) is 26.2 Å². The quantitative estimate of drug-likeness (QED) is 0.700. The number of piperazine rings is 1. The lowest BCUT2D eigenvalue weighted by Crippen LogP contribution is -2.58. The molecule has 0 radical (unpaired) electrons. The van der Waals surface area contributed by atoms with Crippen LogP contribution in [0.3, 0.4) is 0 Å². The zero-order chi connectivity index (χ0) is 22.1. The third-order valence-electron chi connectivity index (χ3n) is 5.21. The van der Waals surface area contributed by atoms with E-state index >= 15 is 0 Å². The fourth-order valence-electron chi connectivity index (χ4n) is 3.97. The van der Waals surface area contributed by atoms with Crippen molar-refractivity contribution in [2.24, 2.45) is 23.5 Å². The molecular formula is C22H42N4O3. The Morgan fingerprint density at radius 1 is 1.17 bits per heavy atom. The summed E-state index contributed by atoms with van der Waals surface area (Å²) in [5, 5.41) is 3.26. The second-order valence-electron chi connectivity index (χ2n) is 9.63. The molecule has 3 unspecified atom stereocenters. The van der Waals surface area contributed by atoms with Gasteiger partial charge < -0.3 is 20.9 Å². The first-order valence-corrected chi connectivity index (χ1v) is 11.1. The van der Waals surface area contributed by atoms with Crippen molar-refractivity contribution in [1.29, 1.82) is 0 Å². The molecule has 0 spiro atoms. The van der Waals surface area contributed by atoms with E-state index in [1.54, 1.807) is 4.90 Å². The van der Waals surface area contributed by atoms with Crippen molar-refractivity contribution in [1.82, 2.24) is 15.1 Å². The van der Waals surface area contributed by atoms with Crippen LogP contribution < -0.4 is 11.1 Å². The number of primary amides is 1. The van der Waals surface area contributed by atoms with Crippen LogP contribution in [0.15, 0.2) is 0 Å².